The first kappa shape index (κ1) is 18.4. The van der Waals surface area contributed by atoms with Crippen molar-refractivity contribution in [1.82, 2.24) is 10.1 Å². The van der Waals surface area contributed by atoms with Crippen LogP contribution in [0, 0.1) is 0 Å². The lowest BCUT2D eigenvalue weighted by Crippen LogP contribution is -2.34. The summed E-state index contributed by atoms with van der Waals surface area (Å²) in [6, 6.07) is 12.2. The lowest BCUT2D eigenvalue weighted by atomic mass is 10.2. The monoisotopic (exact) mass is 363 g/mol. The number of amides is 1. The molecule has 0 aromatic heterocycles. The van der Waals surface area contributed by atoms with Crippen LogP contribution >= 0.6 is 0 Å². The molecule has 0 aliphatic rings. The zero-order chi connectivity index (χ0) is 18.3. The van der Waals surface area contributed by atoms with Crippen molar-refractivity contribution in [3.05, 3.63) is 54.1 Å². The van der Waals surface area contributed by atoms with Crippen molar-refractivity contribution in [2.24, 2.45) is 5.10 Å². The van der Waals surface area contributed by atoms with E-state index in [1.165, 1.54) is 37.6 Å². The Kier molecular flexibility index (Phi) is 6.09. The zero-order valence-electron chi connectivity index (χ0n) is 13.3. The van der Waals surface area contributed by atoms with Crippen molar-refractivity contribution < 1.29 is 23.1 Å². The zero-order valence-corrected chi connectivity index (χ0v) is 14.2. The molecule has 0 saturated carbocycles. The Morgan fingerprint density at radius 2 is 1.96 bits per heavy atom. The van der Waals surface area contributed by atoms with Gasteiger partial charge in [-0.1, -0.05) is 18.2 Å². The first-order valence-corrected chi connectivity index (χ1v) is 8.64. The molecule has 0 bridgehead atoms. The molecular formula is C16H17N3O5S. The number of carbonyl (C=O) groups excluding carboxylic acids is 1. The van der Waals surface area contributed by atoms with E-state index in [1.54, 1.807) is 24.3 Å². The summed E-state index contributed by atoms with van der Waals surface area (Å²) >= 11 is 0. The highest BCUT2D eigenvalue weighted by atomic mass is 32.2. The number of benzene rings is 2. The van der Waals surface area contributed by atoms with E-state index in [1.807, 2.05) is 0 Å². The second kappa shape index (κ2) is 8.27. The van der Waals surface area contributed by atoms with Crippen LogP contribution in [-0.4, -0.2) is 39.3 Å². The van der Waals surface area contributed by atoms with Crippen LogP contribution < -0.4 is 14.9 Å². The molecule has 0 aliphatic heterocycles. The number of hydrogen-bond acceptors (Lipinski definition) is 6. The van der Waals surface area contributed by atoms with Crippen molar-refractivity contribution in [2.75, 3.05) is 13.7 Å². The number of nitrogens with zero attached hydrogens (tertiary/aromatic N) is 1. The first-order chi connectivity index (χ1) is 11.9. The molecule has 0 heterocycles. The topological polar surface area (TPSA) is 117 Å². The number of sulfonamides is 1. The van der Waals surface area contributed by atoms with Crippen LogP contribution in [0.5, 0.6) is 11.5 Å². The molecule has 0 aliphatic carbocycles. The number of phenolic OH excluding ortho intramolecular Hbond substituents is 1. The largest absolute Gasteiger partial charge is 0.507 e. The summed E-state index contributed by atoms with van der Waals surface area (Å²) in [6.07, 6.45) is 1.22. The molecular weight excluding hydrogens is 346 g/mol. The SMILES string of the molecule is COc1ccc(O)c(/C=N/NC(=O)CNS(=O)(=O)c2ccccc2)c1. The summed E-state index contributed by atoms with van der Waals surface area (Å²) in [5.74, 6) is -0.178. The fraction of sp³-hybridized carbons (Fsp3) is 0.125. The van der Waals surface area contributed by atoms with Crippen molar-refractivity contribution in [1.29, 1.82) is 0 Å². The minimum atomic E-state index is -3.77. The van der Waals surface area contributed by atoms with Crippen LogP contribution in [0.4, 0.5) is 0 Å². The van der Waals surface area contributed by atoms with Gasteiger partial charge in [0.2, 0.25) is 10.0 Å². The third kappa shape index (κ3) is 5.30. The molecule has 0 radical (unpaired) electrons. The molecule has 9 heteroatoms. The summed E-state index contributed by atoms with van der Waals surface area (Å²) < 4.78 is 31.1. The number of rotatable bonds is 7. The summed E-state index contributed by atoms with van der Waals surface area (Å²) in [6.45, 7) is -0.474. The van der Waals surface area contributed by atoms with Gasteiger partial charge in [0, 0.05) is 5.56 Å². The van der Waals surface area contributed by atoms with E-state index in [0.717, 1.165) is 0 Å². The highest BCUT2D eigenvalue weighted by molar-refractivity contribution is 7.89. The average molecular weight is 363 g/mol. The minimum absolute atomic E-state index is 0.0384. The van der Waals surface area contributed by atoms with Gasteiger partial charge in [-0.2, -0.15) is 5.10 Å². The summed E-state index contributed by atoms with van der Waals surface area (Å²) in [7, 11) is -2.29. The fourth-order valence-electron chi connectivity index (χ4n) is 1.82. The average Bonchev–Trinajstić information content (AvgIpc) is 2.62. The summed E-state index contributed by atoms with van der Waals surface area (Å²) in [5, 5.41) is 13.4. The minimum Gasteiger partial charge on any atom is -0.507 e. The van der Waals surface area contributed by atoms with E-state index >= 15 is 0 Å². The second-order valence-corrected chi connectivity index (χ2v) is 6.62. The number of hydrazone groups is 1. The van der Waals surface area contributed by atoms with Gasteiger partial charge in [-0.05, 0) is 30.3 Å². The van der Waals surface area contributed by atoms with Crippen molar-refractivity contribution in [2.45, 2.75) is 4.90 Å². The van der Waals surface area contributed by atoms with Crippen LogP contribution in [0.25, 0.3) is 0 Å². The van der Waals surface area contributed by atoms with Gasteiger partial charge in [0.1, 0.15) is 11.5 Å². The number of aromatic hydroxyl groups is 1. The van der Waals surface area contributed by atoms with E-state index in [0.29, 0.717) is 11.3 Å². The fourth-order valence-corrected chi connectivity index (χ4v) is 2.82. The Morgan fingerprint density at radius 1 is 1.24 bits per heavy atom. The van der Waals surface area contributed by atoms with Gasteiger partial charge in [-0.3, -0.25) is 4.79 Å². The van der Waals surface area contributed by atoms with E-state index in [2.05, 4.69) is 15.2 Å². The maximum absolute atomic E-state index is 12.0. The molecule has 0 saturated heterocycles. The molecule has 132 valence electrons. The van der Waals surface area contributed by atoms with Gasteiger partial charge < -0.3 is 9.84 Å². The van der Waals surface area contributed by atoms with Gasteiger partial charge in [0.05, 0.1) is 24.8 Å². The standard InChI is InChI=1S/C16H17N3O5S/c1-24-13-7-8-15(20)12(9-13)10-17-19-16(21)11-18-25(22,23)14-5-3-2-4-6-14/h2-10,18,20H,11H2,1H3,(H,19,21)/b17-10+. The van der Waals surface area contributed by atoms with Crippen LogP contribution in [0.3, 0.4) is 0 Å². The number of hydrogen-bond donors (Lipinski definition) is 3. The smallest absolute Gasteiger partial charge is 0.255 e. The number of phenols is 1. The van der Waals surface area contributed by atoms with E-state index in [4.69, 9.17) is 4.74 Å². The van der Waals surface area contributed by atoms with Gasteiger partial charge in [0.15, 0.2) is 0 Å². The Hall–Kier alpha value is -2.91. The summed E-state index contributed by atoms with van der Waals surface area (Å²) in [4.78, 5) is 11.7. The molecule has 0 spiro atoms. The van der Waals surface area contributed by atoms with Gasteiger partial charge >= 0.3 is 0 Å². The predicted octanol–water partition coefficient (Wildman–Crippen LogP) is 0.829. The van der Waals surface area contributed by atoms with E-state index in [9.17, 15) is 18.3 Å². The Bertz CT molecular complexity index is 867. The van der Waals surface area contributed by atoms with Gasteiger partial charge in [-0.25, -0.2) is 18.6 Å². The van der Waals surface area contributed by atoms with Gasteiger partial charge in [-0.15, -0.1) is 0 Å². The Morgan fingerprint density at radius 3 is 2.64 bits per heavy atom. The van der Waals surface area contributed by atoms with Crippen LogP contribution in [-0.2, 0) is 14.8 Å². The Labute approximate surface area is 145 Å². The predicted molar refractivity (Wildman–Crippen MR) is 92.0 cm³/mol. The molecule has 0 atom stereocenters. The van der Waals surface area contributed by atoms with Gasteiger partial charge in [0.25, 0.3) is 5.91 Å². The third-order valence-corrected chi connectivity index (χ3v) is 4.52. The third-order valence-electron chi connectivity index (χ3n) is 3.10. The second-order valence-electron chi connectivity index (χ2n) is 4.86. The van der Waals surface area contributed by atoms with Crippen molar-refractivity contribution >= 4 is 22.1 Å². The van der Waals surface area contributed by atoms with E-state index in [-0.39, 0.29) is 10.6 Å². The normalized spacial score (nSPS) is 11.4. The van der Waals surface area contributed by atoms with Crippen molar-refractivity contribution in [3.63, 3.8) is 0 Å². The van der Waals surface area contributed by atoms with Crippen LogP contribution in [0.2, 0.25) is 0 Å². The Balaban J connectivity index is 1.91. The molecule has 1 amide bonds. The number of nitrogens with one attached hydrogen (secondary N) is 2. The molecule has 0 unspecified atom stereocenters. The number of ether oxygens (including phenoxy) is 1. The molecule has 0 fully saturated rings. The molecule has 2 rings (SSSR count). The first-order valence-electron chi connectivity index (χ1n) is 7.16. The highest BCUT2D eigenvalue weighted by Crippen LogP contribution is 2.20. The van der Waals surface area contributed by atoms with Crippen LogP contribution in [0.1, 0.15) is 5.56 Å². The maximum Gasteiger partial charge on any atom is 0.255 e. The molecule has 2 aromatic carbocycles. The lowest BCUT2D eigenvalue weighted by Gasteiger charge is -2.06. The highest BCUT2D eigenvalue weighted by Gasteiger charge is 2.14. The van der Waals surface area contributed by atoms with Crippen molar-refractivity contribution in [3.8, 4) is 11.5 Å². The molecule has 3 N–H and O–H groups in total. The molecule has 2 aromatic rings. The molecule has 8 nitrogen and oxygen atoms in total. The van der Waals surface area contributed by atoms with Crippen LogP contribution in [0.15, 0.2) is 58.5 Å². The maximum atomic E-state index is 12.0. The number of carbonyl (C=O) groups is 1. The number of methoxy groups -OCH3 is 1. The molecule has 25 heavy (non-hydrogen) atoms. The lowest BCUT2D eigenvalue weighted by molar-refractivity contribution is -0.119. The quantitative estimate of drug-likeness (QED) is 0.498. The summed E-state index contributed by atoms with van der Waals surface area (Å²) in [5.41, 5.74) is 2.51. The van der Waals surface area contributed by atoms with E-state index < -0.39 is 22.5 Å².